The molecular formula is C16H28N2. The number of nitrogens with zero attached hydrogens (tertiary/aromatic N) is 1. The largest absolute Gasteiger partial charge is 0.311 e. The number of nitrogens with one attached hydrogen (secondary N) is 1. The van der Waals surface area contributed by atoms with Crippen molar-refractivity contribution in [1.82, 2.24) is 10.2 Å². The summed E-state index contributed by atoms with van der Waals surface area (Å²) in [7, 11) is 0. The summed E-state index contributed by atoms with van der Waals surface area (Å²) in [5.41, 5.74) is 0. The molecule has 0 amide bonds. The molecule has 4 aliphatic rings. The topological polar surface area (TPSA) is 15.3 Å². The molecule has 0 radical (unpaired) electrons. The zero-order valence-corrected chi connectivity index (χ0v) is 11.8. The van der Waals surface area contributed by atoms with Crippen molar-refractivity contribution >= 4 is 0 Å². The molecule has 1 N–H and O–H groups in total. The van der Waals surface area contributed by atoms with Crippen LogP contribution in [-0.4, -0.2) is 36.6 Å². The van der Waals surface area contributed by atoms with E-state index in [4.69, 9.17) is 0 Å². The van der Waals surface area contributed by atoms with E-state index in [1.54, 1.807) is 19.3 Å². The van der Waals surface area contributed by atoms with Gasteiger partial charge in [0.25, 0.3) is 0 Å². The predicted octanol–water partition coefficient (Wildman–Crippen LogP) is 2.49. The molecule has 18 heavy (non-hydrogen) atoms. The van der Waals surface area contributed by atoms with Crippen LogP contribution in [0.3, 0.4) is 0 Å². The van der Waals surface area contributed by atoms with E-state index >= 15 is 0 Å². The van der Waals surface area contributed by atoms with Crippen LogP contribution in [-0.2, 0) is 0 Å². The highest BCUT2D eigenvalue weighted by Gasteiger charge is 2.44. The molecule has 0 aromatic heterocycles. The molecular weight excluding hydrogens is 220 g/mol. The summed E-state index contributed by atoms with van der Waals surface area (Å²) < 4.78 is 0. The molecule has 5 atom stereocenters. The number of rotatable bonds is 3. The SMILES string of the molecule is CC(C1CC2CCC1C2)N1CCNC(C2CC2)C1. The number of fused-ring (bicyclic) bond motifs is 2. The molecule has 0 aromatic rings. The lowest BCUT2D eigenvalue weighted by Crippen LogP contribution is -2.56. The van der Waals surface area contributed by atoms with Gasteiger partial charge in [-0.15, -0.1) is 0 Å². The molecule has 2 heteroatoms. The van der Waals surface area contributed by atoms with Gasteiger partial charge in [-0.05, 0) is 62.7 Å². The monoisotopic (exact) mass is 248 g/mol. The lowest BCUT2D eigenvalue weighted by Gasteiger charge is -2.42. The van der Waals surface area contributed by atoms with Crippen LogP contribution in [0.15, 0.2) is 0 Å². The Morgan fingerprint density at radius 1 is 1.06 bits per heavy atom. The smallest absolute Gasteiger partial charge is 0.0223 e. The molecule has 0 spiro atoms. The Hall–Kier alpha value is -0.0800. The minimum atomic E-state index is 0.819. The van der Waals surface area contributed by atoms with Crippen molar-refractivity contribution < 1.29 is 0 Å². The Morgan fingerprint density at radius 3 is 2.56 bits per heavy atom. The van der Waals surface area contributed by atoms with E-state index in [0.717, 1.165) is 35.8 Å². The predicted molar refractivity (Wildman–Crippen MR) is 74.5 cm³/mol. The van der Waals surface area contributed by atoms with E-state index in [1.807, 2.05) is 0 Å². The fourth-order valence-corrected chi connectivity index (χ4v) is 5.14. The van der Waals surface area contributed by atoms with Crippen LogP contribution in [0, 0.1) is 23.7 Å². The maximum atomic E-state index is 3.75. The van der Waals surface area contributed by atoms with Crippen molar-refractivity contribution in [2.24, 2.45) is 23.7 Å². The van der Waals surface area contributed by atoms with Crippen molar-refractivity contribution in [2.75, 3.05) is 19.6 Å². The van der Waals surface area contributed by atoms with E-state index < -0.39 is 0 Å². The van der Waals surface area contributed by atoms with Gasteiger partial charge in [0.2, 0.25) is 0 Å². The van der Waals surface area contributed by atoms with Gasteiger partial charge in [0.15, 0.2) is 0 Å². The molecule has 4 fully saturated rings. The Balaban J connectivity index is 1.39. The van der Waals surface area contributed by atoms with Crippen molar-refractivity contribution in [2.45, 2.75) is 57.5 Å². The third-order valence-corrected chi connectivity index (χ3v) is 6.42. The zero-order valence-electron chi connectivity index (χ0n) is 11.8. The van der Waals surface area contributed by atoms with Crippen LogP contribution in [0.1, 0.15) is 45.4 Å². The molecule has 0 aromatic carbocycles. The van der Waals surface area contributed by atoms with Crippen LogP contribution in [0.2, 0.25) is 0 Å². The highest BCUT2D eigenvalue weighted by Crippen LogP contribution is 2.50. The van der Waals surface area contributed by atoms with Gasteiger partial charge in [-0.3, -0.25) is 4.90 Å². The van der Waals surface area contributed by atoms with E-state index in [0.29, 0.717) is 0 Å². The Bertz CT molecular complexity index is 312. The van der Waals surface area contributed by atoms with Gasteiger partial charge in [-0.2, -0.15) is 0 Å². The molecule has 3 aliphatic carbocycles. The molecule has 2 bridgehead atoms. The highest BCUT2D eigenvalue weighted by molar-refractivity contribution is 4.98. The van der Waals surface area contributed by atoms with Crippen molar-refractivity contribution in [3.05, 3.63) is 0 Å². The standard InChI is InChI=1S/C16H28N2/c1-11(15-9-12-2-3-14(15)8-12)18-7-6-17-16(10-18)13-4-5-13/h11-17H,2-10H2,1H3. The maximum Gasteiger partial charge on any atom is 0.0223 e. The first-order valence-electron chi connectivity index (χ1n) is 8.28. The van der Waals surface area contributed by atoms with Crippen LogP contribution in [0.5, 0.6) is 0 Å². The van der Waals surface area contributed by atoms with E-state index in [9.17, 15) is 0 Å². The highest BCUT2D eigenvalue weighted by atomic mass is 15.2. The summed E-state index contributed by atoms with van der Waals surface area (Å²) in [5.74, 6) is 4.23. The van der Waals surface area contributed by atoms with Crippen LogP contribution in [0.25, 0.3) is 0 Å². The fraction of sp³-hybridized carbons (Fsp3) is 1.00. The van der Waals surface area contributed by atoms with Gasteiger partial charge in [0.05, 0.1) is 0 Å². The van der Waals surface area contributed by atoms with E-state index in [1.165, 1.54) is 38.9 Å². The van der Waals surface area contributed by atoms with Crippen molar-refractivity contribution in [3.8, 4) is 0 Å². The Kier molecular flexibility index (Phi) is 2.92. The lowest BCUT2D eigenvalue weighted by molar-refractivity contribution is 0.0848. The lowest BCUT2D eigenvalue weighted by atomic mass is 9.83. The van der Waals surface area contributed by atoms with E-state index in [-0.39, 0.29) is 0 Å². The third kappa shape index (κ3) is 2.02. The zero-order chi connectivity index (χ0) is 12.1. The average Bonchev–Trinajstić information content (AvgIpc) is 3.06. The third-order valence-electron chi connectivity index (χ3n) is 6.42. The van der Waals surface area contributed by atoms with Crippen molar-refractivity contribution in [1.29, 1.82) is 0 Å². The summed E-state index contributed by atoms with van der Waals surface area (Å²) >= 11 is 0. The van der Waals surface area contributed by atoms with Crippen LogP contribution < -0.4 is 5.32 Å². The molecule has 1 saturated heterocycles. The Morgan fingerprint density at radius 2 is 1.89 bits per heavy atom. The molecule has 3 saturated carbocycles. The number of hydrogen-bond acceptors (Lipinski definition) is 2. The second kappa shape index (κ2) is 4.49. The summed E-state index contributed by atoms with van der Waals surface area (Å²) in [6, 6.07) is 1.67. The molecule has 1 heterocycles. The summed E-state index contributed by atoms with van der Waals surface area (Å²) in [6.07, 6.45) is 9.15. The molecule has 102 valence electrons. The quantitative estimate of drug-likeness (QED) is 0.825. The average molecular weight is 248 g/mol. The van der Waals surface area contributed by atoms with Gasteiger partial charge >= 0.3 is 0 Å². The number of piperazine rings is 1. The molecule has 1 aliphatic heterocycles. The van der Waals surface area contributed by atoms with Gasteiger partial charge in [0, 0.05) is 31.7 Å². The van der Waals surface area contributed by atoms with Gasteiger partial charge < -0.3 is 5.32 Å². The van der Waals surface area contributed by atoms with Crippen LogP contribution in [0.4, 0.5) is 0 Å². The second-order valence-corrected chi connectivity index (χ2v) is 7.47. The first-order valence-corrected chi connectivity index (χ1v) is 8.28. The Labute approximate surface area is 111 Å². The minimum Gasteiger partial charge on any atom is -0.311 e. The molecule has 5 unspecified atom stereocenters. The summed E-state index contributed by atoms with van der Waals surface area (Å²) in [5, 5.41) is 3.75. The summed E-state index contributed by atoms with van der Waals surface area (Å²) in [6.45, 7) is 6.38. The van der Waals surface area contributed by atoms with Gasteiger partial charge in [0.1, 0.15) is 0 Å². The van der Waals surface area contributed by atoms with Gasteiger partial charge in [-0.1, -0.05) is 6.42 Å². The molecule has 2 nitrogen and oxygen atoms in total. The van der Waals surface area contributed by atoms with Gasteiger partial charge in [-0.25, -0.2) is 0 Å². The van der Waals surface area contributed by atoms with Crippen LogP contribution >= 0.6 is 0 Å². The fourth-order valence-electron chi connectivity index (χ4n) is 5.14. The number of hydrogen-bond donors (Lipinski definition) is 1. The minimum absolute atomic E-state index is 0.819. The second-order valence-electron chi connectivity index (χ2n) is 7.47. The summed E-state index contributed by atoms with van der Waals surface area (Å²) in [4.78, 5) is 2.82. The molecule has 4 rings (SSSR count). The maximum absolute atomic E-state index is 3.75. The van der Waals surface area contributed by atoms with E-state index in [2.05, 4.69) is 17.1 Å². The van der Waals surface area contributed by atoms with Crippen molar-refractivity contribution in [3.63, 3.8) is 0 Å². The first-order chi connectivity index (χ1) is 8.81. The first kappa shape index (κ1) is 11.7. The normalized spacial score (nSPS) is 46.5.